The Bertz CT molecular complexity index is 327. The number of hydrogen-bond donors (Lipinski definition) is 3. The van der Waals surface area contributed by atoms with Crippen LogP contribution in [0.25, 0.3) is 0 Å². The largest absolute Gasteiger partial charge is 0.399 e. The second-order valence-electron chi connectivity index (χ2n) is 3.35. The van der Waals surface area contributed by atoms with Crippen LogP contribution >= 0.6 is 11.8 Å². The van der Waals surface area contributed by atoms with Crippen molar-refractivity contribution < 1.29 is 4.79 Å². The van der Waals surface area contributed by atoms with Crippen LogP contribution in [0.1, 0.15) is 5.56 Å². The van der Waals surface area contributed by atoms with Crippen LogP contribution in [0.15, 0.2) is 24.3 Å². The molecule has 0 spiro atoms. The van der Waals surface area contributed by atoms with Crippen LogP contribution in [0.2, 0.25) is 0 Å². The zero-order chi connectivity index (χ0) is 11.8. The Morgan fingerprint density at radius 1 is 1.31 bits per heavy atom. The molecule has 0 aliphatic rings. The van der Waals surface area contributed by atoms with E-state index in [9.17, 15) is 4.79 Å². The average molecular weight is 239 g/mol. The predicted molar refractivity (Wildman–Crippen MR) is 69.1 cm³/mol. The highest BCUT2D eigenvalue weighted by atomic mass is 32.2. The lowest BCUT2D eigenvalue weighted by Crippen LogP contribution is -2.31. The Kier molecular flexibility index (Phi) is 5.74. The molecular weight excluding hydrogens is 222 g/mol. The normalized spacial score (nSPS) is 10.1. The summed E-state index contributed by atoms with van der Waals surface area (Å²) in [5, 5.41) is 2.72. The smallest absolute Gasteiger partial charge is 0.233 e. The van der Waals surface area contributed by atoms with Crippen molar-refractivity contribution in [1.82, 2.24) is 5.32 Å². The summed E-state index contributed by atoms with van der Waals surface area (Å²) in [5.41, 5.74) is 12.8. The highest BCUT2D eigenvalue weighted by Crippen LogP contribution is 2.13. The van der Waals surface area contributed by atoms with Crippen molar-refractivity contribution in [2.24, 2.45) is 5.73 Å². The van der Waals surface area contributed by atoms with Gasteiger partial charge in [-0.3, -0.25) is 4.79 Å². The van der Waals surface area contributed by atoms with E-state index in [0.717, 1.165) is 17.2 Å². The first-order chi connectivity index (χ1) is 7.72. The summed E-state index contributed by atoms with van der Waals surface area (Å²) in [6.07, 6.45) is 0. The van der Waals surface area contributed by atoms with Gasteiger partial charge in [-0.05, 0) is 17.7 Å². The quantitative estimate of drug-likeness (QED) is 0.501. The van der Waals surface area contributed by atoms with Crippen molar-refractivity contribution in [3.8, 4) is 0 Å². The number of amides is 1. The van der Waals surface area contributed by atoms with E-state index in [2.05, 4.69) is 5.32 Å². The third-order valence-electron chi connectivity index (χ3n) is 2.00. The lowest BCUT2D eigenvalue weighted by atomic mass is 10.2. The van der Waals surface area contributed by atoms with Crippen LogP contribution in [0.5, 0.6) is 0 Å². The lowest BCUT2D eigenvalue weighted by molar-refractivity contribution is -0.119. The lowest BCUT2D eigenvalue weighted by Gasteiger charge is -2.04. The van der Waals surface area contributed by atoms with E-state index < -0.39 is 0 Å². The zero-order valence-corrected chi connectivity index (χ0v) is 9.93. The minimum Gasteiger partial charge on any atom is -0.399 e. The second-order valence-corrected chi connectivity index (χ2v) is 4.45. The number of nitrogens with two attached hydrogens (primary N) is 2. The highest BCUT2D eigenvalue weighted by molar-refractivity contribution is 7.98. The third-order valence-corrected chi connectivity index (χ3v) is 3.03. The van der Waals surface area contributed by atoms with Crippen molar-refractivity contribution in [2.75, 3.05) is 24.6 Å². The summed E-state index contributed by atoms with van der Waals surface area (Å²) in [5.74, 6) is 1.71. The Morgan fingerprint density at radius 3 is 2.62 bits per heavy atom. The molecule has 1 aromatic rings. The Hall–Kier alpha value is -1.20. The molecule has 1 amide bonds. The van der Waals surface area contributed by atoms with Gasteiger partial charge in [0.15, 0.2) is 0 Å². The van der Waals surface area contributed by atoms with Gasteiger partial charge in [0.2, 0.25) is 5.91 Å². The molecule has 0 aliphatic carbocycles. The molecule has 0 atom stereocenters. The van der Waals surface area contributed by atoms with Crippen LogP contribution in [-0.2, 0) is 10.5 Å². The molecule has 0 heterocycles. The van der Waals surface area contributed by atoms with Gasteiger partial charge in [0, 0.05) is 23.7 Å². The Balaban J connectivity index is 2.11. The fourth-order valence-electron chi connectivity index (χ4n) is 1.14. The first-order valence-electron chi connectivity index (χ1n) is 5.11. The summed E-state index contributed by atoms with van der Waals surface area (Å²) in [7, 11) is 0. The number of benzene rings is 1. The van der Waals surface area contributed by atoms with Gasteiger partial charge in [0.1, 0.15) is 0 Å². The summed E-state index contributed by atoms with van der Waals surface area (Å²) >= 11 is 1.77. The standard InChI is InChI=1S/C11H17N3OS/c12-7-11(15)14-5-6-16-8-9-1-3-10(13)4-2-9/h1-4H,5-8,12-13H2,(H,14,15). The Morgan fingerprint density at radius 2 is 2.00 bits per heavy atom. The van der Waals surface area contributed by atoms with Gasteiger partial charge in [-0.1, -0.05) is 12.1 Å². The fourth-order valence-corrected chi connectivity index (χ4v) is 1.96. The zero-order valence-electron chi connectivity index (χ0n) is 9.11. The molecule has 0 bridgehead atoms. The molecule has 4 nitrogen and oxygen atoms in total. The van der Waals surface area contributed by atoms with Crippen LogP contribution < -0.4 is 16.8 Å². The number of nitrogens with one attached hydrogen (secondary N) is 1. The molecule has 0 aromatic heterocycles. The summed E-state index contributed by atoms with van der Waals surface area (Å²) < 4.78 is 0. The predicted octanol–water partition coefficient (Wildman–Crippen LogP) is 0.577. The van der Waals surface area contributed by atoms with E-state index in [1.165, 1.54) is 5.56 Å². The topological polar surface area (TPSA) is 81.1 Å². The maximum absolute atomic E-state index is 10.8. The van der Waals surface area contributed by atoms with Crippen molar-refractivity contribution in [3.05, 3.63) is 29.8 Å². The van der Waals surface area contributed by atoms with Gasteiger partial charge in [0.25, 0.3) is 0 Å². The number of carbonyl (C=O) groups is 1. The molecule has 0 radical (unpaired) electrons. The van der Waals surface area contributed by atoms with Gasteiger partial charge in [-0.2, -0.15) is 11.8 Å². The molecule has 1 aromatic carbocycles. The minimum atomic E-state index is -0.104. The summed E-state index contributed by atoms with van der Waals surface area (Å²) in [6, 6.07) is 7.82. The molecule has 0 saturated heterocycles. The second kappa shape index (κ2) is 7.14. The number of thioether (sulfide) groups is 1. The number of carbonyl (C=O) groups excluding carboxylic acids is 1. The highest BCUT2D eigenvalue weighted by Gasteiger charge is 1.96. The van der Waals surface area contributed by atoms with Crippen LogP contribution in [-0.4, -0.2) is 24.7 Å². The SMILES string of the molecule is NCC(=O)NCCSCc1ccc(N)cc1. The van der Waals surface area contributed by atoms with E-state index in [1.807, 2.05) is 24.3 Å². The maximum atomic E-state index is 10.8. The van der Waals surface area contributed by atoms with Gasteiger partial charge >= 0.3 is 0 Å². The summed E-state index contributed by atoms with van der Waals surface area (Å²) in [6.45, 7) is 0.721. The van der Waals surface area contributed by atoms with Crippen molar-refractivity contribution >= 4 is 23.4 Å². The maximum Gasteiger partial charge on any atom is 0.233 e. The molecule has 5 heteroatoms. The van der Waals surface area contributed by atoms with Crippen LogP contribution in [0.4, 0.5) is 5.69 Å². The van der Waals surface area contributed by atoms with Crippen LogP contribution in [0.3, 0.4) is 0 Å². The average Bonchev–Trinajstić information content (AvgIpc) is 2.31. The molecule has 88 valence electrons. The molecule has 16 heavy (non-hydrogen) atoms. The van der Waals surface area contributed by atoms with Crippen molar-refractivity contribution in [3.63, 3.8) is 0 Å². The Labute approximate surface area is 99.8 Å². The molecular formula is C11H17N3OS. The number of anilines is 1. The molecule has 1 rings (SSSR count). The summed E-state index contributed by atoms with van der Waals surface area (Å²) in [4.78, 5) is 10.8. The monoisotopic (exact) mass is 239 g/mol. The fraction of sp³-hybridized carbons (Fsp3) is 0.364. The number of hydrogen-bond acceptors (Lipinski definition) is 4. The molecule has 0 fully saturated rings. The third kappa shape index (κ3) is 5.04. The number of rotatable bonds is 6. The first-order valence-corrected chi connectivity index (χ1v) is 6.27. The van der Waals surface area contributed by atoms with E-state index in [1.54, 1.807) is 11.8 Å². The first kappa shape index (κ1) is 12.9. The van der Waals surface area contributed by atoms with E-state index in [4.69, 9.17) is 11.5 Å². The van der Waals surface area contributed by atoms with Crippen LogP contribution in [0, 0.1) is 0 Å². The molecule has 0 aliphatic heterocycles. The van der Waals surface area contributed by atoms with Gasteiger partial charge in [0.05, 0.1) is 6.54 Å². The minimum absolute atomic E-state index is 0.0582. The van der Waals surface area contributed by atoms with E-state index >= 15 is 0 Å². The van der Waals surface area contributed by atoms with Crippen molar-refractivity contribution in [1.29, 1.82) is 0 Å². The van der Waals surface area contributed by atoms with E-state index in [0.29, 0.717) is 6.54 Å². The molecule has 5 N–H and O–H groups in total. The van der Waals surface area contributed by atoms with E-state index in [-0.39, 0.29) is 12.5 Å². The molecule has 0 saturated carbocycles. The van der Waals surface area contributed by atoms with Gasteiger partial charge < -0.3 is 16.8 Å². The van der Waals surface area contributed by atoms with Gasteiger partial charge in [-0.25, -0.2) is 0 Å². The molecule has 0 unspecified atom stereocenters. The van der Waals surface area contributed by atoms with Gasteiger partial charge in [-0.15, -0.1) is 0 Å². The number of nitrogen functional groups attached to an aromatic ring is 1. The van der Waals surface area contributed by atoms with Crippen molar-refractivity contribution in [2.45, 2.75) is 5.75 Å².